The second-order valence-electron chi connectivity index (χ2n) is 4.84. The third-order valence-electron chi connectivity index (χ3n) is 2.78. The van der Waals surface area contributed by atoms with Crippen molar-refractivity contribution < 1.29 is 18.2 Å². The van der Waals surface area contributed by atoms with Crippen LogP contribution in [0.3, 0.4) is 0 Å². The van der Waals surface area contributed by atoms with Gasteiger partial charge in [0.1, 0.15) is 11.5 Å². The summed E-state index contributed by atoms with van der Waals surface area (Å²) in [5, 5.41) is 3.65. The Morgan fingerprint density at radius 3 is 2.90 bits per heavy atom. The van der Waals surface area contributed by atoms with Crippen molar-refractivity contribution in [3.8, 4) is 0 Å². The van der Waals surface area contributed by atoms with Gasteiger partial charge < -0.3 is 4.84 Å². The Labute approximate surface area is 127 Å². The highest BCUT2D eigenvalue weighted by Gasteiger charge is 2.30. The van der Waals surface area contributed by atoms with Crippen LogP contribution in [0.15, 0.2) is 27.7 Å². The standard InChI is InChI=1S/C13H14ClFN2O3S/c1-21(2,19)17-9-5-3-4-8(15)13(9)12-6-10(16-20-12)11(18)7-14/h3-5,12H,6-7H2,1-2H3. The Morgan fingerprint density at radius 1 is 1.57 bits per heavy atom. The molecule has 0 bridgehead atoms. The van der Waals surface area contributed by atoms with Crippen molar-refractivity contribution in [2.75, 3.05) is 18.4 Å². The van der Waals surface area contributed by atoms with Crippen molar-refractivity contribution in [2.45, 2.75) is 12.5 Å². The lowest BCUT2D eigenvalue weighted by Gasteiger charge is -2.12. The molecule has 2 rings (SSSR count). The third kappa shape index (κ3) is 3.79. The number of carbonyl (C=O) groups excluding carboxylic acids is 1. The zero-order valence-corrected chi connectivity index (χ0v) is 13.1. The summed E-state index contributed by atoms with van der Waals surface area (Å²) in [5.41, 5.74) is 0.553. The van der Waals surface area contributed by atoms with Gasteiger partial charge in [0.15, 0.2) is 11.9 Å². The second kappa shape index (κ2) is 6.11. The molecule has 21 heavy (non-hydrogen) atoms. The lowest BCUT2D eigenvalue weighted by Crippen LogP contribution is -2.14. The van der Waals surface area contributed by atoms with Gasteiger partial charge in [0.25, 0.3) is 0 Å². The van der Waals surface area contributed by atoms with E-state index >= 15 is 0 Å². The molecule has 1 aliphatic heterocycles. The molecule has 0 saturated carbocycles. The molecule has 0 aromatic heterocycles. The summed E-state index contributed by atoms with van der Waals surface area (Å²) < 4.78 is 29.9. The minimum atomic E-state index is -2.45. The van der Waals surface area contributed by atoms with Gasteiger partial charge in [-0.3, -0.25) is 4.79 Å². The van der Waals surface area contributed by atoms with Crippen LogP contribution < -0.4 is 0 Å². The fourth-order valence-electron chi connectivity index (χ4n) is 1.93. The minimum absolute atomic E-state index is 0.115. The lowest BCUT2D eigenvalue weighted by molar-refractivity contribution is -0.110. The van der Waals surface area contributed by atoms with Gasteiger partial charge in [-0.25, -0.2) is 8.60 Å². The summed E-state index contributed by atoms with van der Waals surface area (Å²) in [6.45, 7) is 0. The molecule has 1 unspecified atom stereocenters. The van der Waals surface area contributed by atoms with E-state index in [-0.39, 0.29) is 35.0 Å². The van der Waals surface area contributed by atoms with Crippen molar-refractivity contribution in [1.82, 2.24) is 0 Å². The van der Waals surface area contributed by atoms with Crippen LogP contribution in [0.4, 0.5) is 10.1 Å². The number of alkyl halides is 1. The summed E-state index contributed by atoms with van der Waals surface area (Å²) in [6, 6.07) is 4.28. The molecular formula is C13H14ClFN2O3S. The number of oxime groups is 1. The molecule has 0 N–H and O–H groups in total. The number of rotatable bonds is 4. The third-order valence-corrected chi connectivity index (χ3v) is 3.66. The Kier molecular flexibility index (Phi) is 4.63. The second-order valence-corrected chi connectivity index (χ2v) is 7.65. The molecule has 8 heteroatoms. The van der Waals surface area contributed by atoms with E-state index in [1.807, 2.05) is 0 Å². The quantitative estimate of drug-likeness (QED) is 0.796. The number of ketones is 1. The largest absolute Gasteiger partial charge is 0.387 e. The Bertz CT molecular complexity index is 718. The first kappa shape index (κ1) is 15.9. The molecular weight excluding hydrogens is 319 g/mol. The van der Waals surface area contributed by atoms with E-state index in [2.05, 4.69) is 9.52 Å². The van der Waals surface area contributed by atoms with Crippen LogP contribution in [-0.4, -0.2) is 34.1 Å². The minimum Gasteiger partial charge on any atom is -0.387 e. The first-order valence-electron chi connectivity index (χ1n) is 6.09. The number of hydrogen-bond donors (Lipinski definition) is 0. The van der Waals surface area contributed by atoms with Crippen LogP contribution in [0, 0.1) is 5.82 Å². The highest BCUT2D eigenvalue weighted by molar-refractivity contribution is 7.92. The summed E-state index contributed by atoms with van der Waals surface area (Å²) in [7, 11) is -2.45. The van der Waals surface area contributed by atoms with Crippen molar-refractivity contribution in [3.63, 3.8) is 0 Å². The number of benzene rings is 1. The van der Waals surface area contributed by atoms with Gasteiger partial charge in [-0.1, -0.05) is 11.2 Å². The van der Waals surface area contributed by atoms with E-state index in [0.717, 1.165) is 0 Å². The molecule has 0 saturated heterocycles. The molecule has 0 radical (unpaired) electrons. The maximum Gasteiger partial charge on any atom is 0.195 e. The van der Waals surface area contributed by atoms with Gasteiger partial charge in [0.05, 0.1) is 17.1 Å². The van der Waals surface area contributed by atoms with E-state index in [9.17, 15) is 13.4 Å². The summed E-state index contributed by atoms with van der Waals surface area (Å²) in [5.74, 6) is -1.11. The molecule has 1 aliphatic rings. The predicted octanol–water partition coefficient (Wildman–Crippen LogP) is 2.81. The topological polar surface area (TPSA) is 68.1 Å². The number of nitrogens with zero attached hydrogens (tertiary/aromatic N) is 2. The van der Waals surface area contributed by atoms with Crippen LogP contribution in [0.1, 0.15) is 18.1 Å². The Balaban J connectivity index is 2.38. The van der Waals surface area contributed by atoms with Gasteiger partial charge in [-0.2, -0.15) is 4.36 Å². The van der Waals surface area contributed by atoms with Crippen LogP contribution in [0.2, 0.25) is 0 Å². The molecule has 5 nitrogen and oxygen atoms in total. The van der Waals surface area contributed by atoms with E-state index < -0.39 is 21.7 Å². The van der Waals surface area contributed by atoms with E-state index in [0.29, 0.717) is 0 Å². The number of halogens is 2. The maximum absolute atomic E-state index is 14.1. The molecule has 0 fully saturated rings. The molecule has 0 spiro atoms. The van der Waals surface area contributed by atoms with Crippen molar-refractivity contribution in [1.29, 1.82) is 0 Å². The fraction of sp³-hybridized carbons (Fsp3) is 0.385. The molecule has 1 atom stereocenters. The molecule has 1 aromatic carbocycles. The number of hydrogen-bond acceptors (Lipinski definition) is 5. The average molecular weight is 333 g/mol. The monoisotopic (exact) mass is 332 g/mol. The summed E-state index contributed by atoms with van der Waals surface area (Å²) in [6.07, 6.45) is 2.25. The van der Waals surface area contributed by atoms with Gasteiger partial charge in [0, 0.05) is 28.7 Å². The fourth-order valence-corrected chi connectivity index (χ4v) is 2.72. The predicted molar refractivity (Wildman–Crippen MR) is 80.1 cm³/mol. The van der Waals surface area contributed by atoms with E-state index in [1.54, 1.807) is 6.07 Å². The highest BCUT2D eigenvalue weighted by Crippen LogP contribution is 2.36. The summed E-state index contributed by atoms with van der Waals surface area (Å²) in [4.78, 5) is 16.6. The van der Waals surface area contributed by atoms with Crippen LogP contribution >= 0.6 is 11.6 Å². The normalized spacial score (nSPS) is 18.1. The van der Waals surface area contributed by atoms with Gasteiger partial charge >= 0.3 is 0 Å². The lowest BCUT2D eigenvalue weighted by atomic mass is 10.0. The first-order valence-corrected chi connectivity index (χ1v) is 8.96. The van der Waals surface area contributed by atoms with E-state index in [4.69, 9.17) is 16.4 Å². The van der Waals surface area contributed by atoms with Crippen molar-refractivity contribution in [3.05, 3.63) is 29.6 Å². The zero-order chi connectivity index (χ0) is 15.6. The SMILES string of the molecule is CS(C)(=O)=Nc1cccc(F)c1C1CC(C(=O)CCl)=NO1. The Morgan fingerprint density at radius 2 is 2.29 bits per heavy atom. The molecule has 0 amide bonds. The first-order chi connectivity index (χ1) is 9.81. The molecule has 1 aromatic rings. The number of carbonyl (C=O) groups is 1. The summed E-state index contributed by atoms with van der Waals surface area (Å²) >= 11 is 5.46. The van der Waals surface area contributed by atoms with Crippen molar-refractivity contribution in [2.24, 2.45) is 9.52 Å². The molecule has 114 valence electrons. The van der Waals surface area contributed by atoms with Gasteiger partial charge in [-0.15, -0.1) is 11.6 Å². The molecule has 0 aliphatic carbocycles. The zero-order valence-electron chi connectivity index (χ0n) is 11.5. The van der Waals surface area contributed by atoms with Crippen LogP contribution in [-0.2, 0) is 19.4 Å². The highest BCUT2D eigenvalue weighted by atomic mass is 35.5. The average Bonchev–Trinajstić information content (AvgIpc) is 2.85. The smallest absolute Gasteiger partial charge is 0.195 e. The molecule has 1 heterocycles. The number of Topliss-reactive ketones (excluding diaryl/α,β-unsaturated/α-hetero) is 1. The Hall–Kier alpha value is -1.47. The van der Waals surface area contributed by atoms with Crippen molar-refractivity contribution >= 4 is 38.5 Å². The van der Waals surface area contributed by atoms with Crippen LogP contribution in [0.25, 0.3) is 0 Å². The van der Waals surface area contributed by atoms with Gasteiger partial charge in [-0.05, 0) is 12.1 Å². The van der Waals surface area contributed by atoms with E-state index in [1.165, 1.54) is 24.6 Å². The van der Waals surface area contributed by atoms with Gasteiger partial charge in [0.2, 0.25) is 0 Å². The maximum atomic E-state index is 14.1. The van der Waals surface area contributed by atoms with Crippen LogP contribution in [0.5, 0.6) is 0 Å².